The van der Waals surface area contributed by atoms with Gasteiger partial charge in [0.15, 0.2) is 11.5 Å². The van der Waals surface area contributed by atoms with Gasteiger partial charge in [-0.3, -0.25) is 9.78 Å². The van der Waals surface area contributed by atoms with Crippen molar-refractivity contribution in [3.05, 3.63) is 89.5 Å². The maximum Gasteiger partial charge on any atom is 0.272 e. The van der Waals surface area contributed by atoms with Crippen LogP contribution in [0.4, 0.5) is 4.39 Å². The summed E-state index contributed by atoms with van der Waals surface area (Å²) in [6, 6.07) is 14.7. The second kappa shape index (κ2) is 9.27. The van der Waals surface area contributed by atoms with E-state index in [2.05, 4.69) is 15.5 Å². The number of carbonyl (C=O) groups is 1. The summed E-state index contributed by atoms with van der Waals surface area (Å²) in [5.41, 5.74) is 4.42. The number of hydrogen-bond acceptors (Lipinski definition) is 5. The first-order valence-corrected chi connectivity index (χ1v) is 8.44. The second-order valence-corrected chi connectivity index (χ2v) is 5.77. The van der Waals surface area contributed by atoms with Gasteiger partial charge in [-0.25, -0.2) is 9.82 Å². The summed E-state index contributed by atoms with van der Waals surface area (Å²) in [4.78, 5) is 15.8. The smallest absolute Gasteiger partial charge is 0.272 e. The van der Waals surface area contributed by atoms with Crippen molar-refractivity contribution < 1.29 is 18.7 Å². The van der Waals surface area contributed by atoms with E-state index in [1.807, 2.05) is 0 Å². The molecule has 1 N–H and O–H groups in total. The summed E-state index contributed by atoms with van der Waals surface area (Å²) in [7, 11) is 1.53. The predicted molar refractivity (Wildman–Crippen MR) is 103 cm³/mol. The van der Waals surface area contributed by atoms with E-state index in [0.29, 0.717) is 17.1 Å². The zero-order valence-corrected chi connectivity index (χ0v) is 15.1. The predicted octanol–water partition coefficient (Wildman–Crippen LogP) is 3.57. The van der Waals surface area contributed by atoms with Crippen molar-refractivity contribution in [1.29, 1.82) is 0 Å². The van der Waals surface area contributed by atoms with Gasteiger partial charge in [-0.1, -0.05) is 12.1 Å². The Morgan fingerprint density at radius 3 is 2.71 bits per heavy atom. The van der Waals surface area contributed by atoms with Gasteiger partial charge in [0.25, 0.3) is 5.91 Å². The van der Waals surface area contributed by atoms with Crippen LogP contribution in [0.5, 0.6) is 11.5 Å². The molecule has 142 valence electrons. The monoisotopic (exact) mass is 379 g/mol. The van der Waals surface area contributed by atoms with Crippen LogP contribution in [0.15, 0.2) is 72.1 Å². The number of hydrogen-bond donors (Lipinski definition) is 1. The molecule has 0 atom stereocenters. The van der Waals surface area contributed by atoms with Gasteiger partial charge in [0.2, 0.25) is 0 Å². The third-order valence-corrected chi connectivity index (χ3v) is 3.80. The molecule has 2 aromatic carbocycles. The fraction of sp³-hybridized carbons (Fsp3) is 0.0952. The Morgan fingerprint density at radius 1 is 1.18 bits per heavy atom. The number of rotatable bonds is 7. The highest BCUT2D eigenvalue weighted by Gasteiger charge is 2.07. The largest absolute Gasteiger partial charge is 0.493 e. The number of hydrazone groups is 1. The molecule has 0 unspecified atom stereocenters. The first-order chi connectivity index (χ1) is 13.7. The van der Waals surface area contributed by atoms with Crippen LogP contribution in [-0.2, 0) is 6.61 Å². The number of ether oxygens (including phenoxy) is 2. The summed E-state index contributed by atoms with van der Waals surface area (Å²) in [5, 5.41) is 3.94. The Morgan fingerprint density at radius 2 is 2.00 bits per heavy atom. The molecule has 0 saturated heterocycles. The van der Waals surface area contributed by atoms with Gasteiger partial charge in [0.05, 0.1) is 18.9 Å². The number of nitrogens with one attached hydrogen (secondary N) is 1. The second-order valence-electron chi connectivity index (χ2n) is 5.77. The summed E-state index contributed by atoms with van der Waals surface area (Å²) in [5.74, 6) is 0.421. The molecule has 1 aromatic heterocycles. The van der Waals surface area contributed by atoms with Crippen LogP contribution >= 0.6 is 0 Å². The minimum absolute atomic E-state index is 0.283. The lowest BCUT2D eigenvalue weighted by Gasteiger charge is -2.11. The molecule has 7 heteroatoms. The van der Waals surface area contributed by atoms with E-state index < -0.39 is 0 Å². The van der Waals surface area contributed by atoms with Crippen molar-refractivity contribution >= 4 is 12.1 Å². The van der Waals surface area contributed by atoms with Crippen molar-refractivity contribution in [1.82, 2.24) is 10.4 Å². The van der Waals surface area contributed by atoms with Gasteiger partial charge in [-0.15, -0.1) is 0 Å². The minimum atomic E-state index is -0.351. The minimum Gasteiger partial charge on any atom is -0.493 e. The van der Waals surface area contributed by atoms with Gasteiger partial charge in [0, 0.05) is 12.4 Å². The molecule has 0 fully saturated rings. The van der Waals surface area contributed by atoms with Gasteiger partial charge >= 0.3 is 0 Å². The Hall–Kier alpha value is -3.74. The molecule has 6 nitrogen and oxygen atoms in total. The quantitative estimate of drug-likeness (QED) is 0.503. The molecule has 0 aliphatic rings. The molecule has 0 bridgehead atoms. The Kier molecular flexibility index (Phi) is 6.30. The molecule has 0 radical (unpaired) electrons. The number of benzene rings is 2. The summed E-state index contributed by atoms with van der Waals surface area (Å²) in [6.45, 7) is 0.283. The summed E-state index contributed by atoms with van der Waals surface area (Å²) in [6.07, 6.45) is 4.55. The number of carbonyl (C=O) groups excluding carboxylic acids is 1. The van der Waals surface area contributed by atoms with E-state index >= 15 is 0 Å². The molecular formula is C21H18FN3O3. The first kappa shape index (κ1) is 19.0. The lowest BCUT2D eigenvalue weighted by atomic mass is 10.2. The molecular weight excluding hydrogens is 361 g/mol. The number of halogens is 1. The molecule has 3 rings (SSSR count). The van der Waals surface area contributed by atoms with E-state index in [0.717, 1.165) is 11.1 Å². The highest BCUT2D eigenvalue weighted by atomic mass is 19.1. The third-order valence-electron chi connectivity index (χ3n) is 3.80. The summed E-state index contributed by atoms with van der Waals surface area (Å²) >= 11 is 0. The zero-order chi connectivity index (χ0) is 19.8. The summed E-state index contributed by atoms with van der Waals surface area (Å²) < 4.78 is 24.0. The Bertz CT molecular complexity index is 960. The molecule has 28 heavy (non-hydrogen) atoms. The van der Waals surface area contributed by atoms with Crippen molar-refractivity contribution in [3.8, 4) is 11.5 Å². The van der Waals surface area contributed by atoms with Crippen LogP contribution in [0, 0.1) is 5.82 Å². The SMILES string of the molecule is COc1cc(/C=N/NC(=O)c2cccnc2)ccc1OCc1ccc(F)cc1. The van der Waals surface area contributed by atoms with Crippen LogP contribution in [0.3, 0.4) is 0 Å². The lowest BCUT2D eigenvalue weighted by molar-refractivity contribution is 0.0955. The average molecular weight is 379 g/mol. The van der Waals surface area contributed by atoms with Gasteiger partial charge in [-0.2, -0.15) is 5.10 Å². The van der Waals surface area contributed by atoms with E-state index in [9.17, 15) is 9.18 Å². The van der Waals surface area contributed by atoms with E-state index in [-0.39, 0.29) is 18.3 Å². The van der Waals surface area contributed by atoms with Gasteiger partial charge in [0.1, 0.15) is 12.4 Å². The normalized spacial score (nSPS) is 10.6. The maximum absolute atomic E-state index is 13.0. The van der Waals surface area contributed by atoms with Crippen molar-refractivity contribution in [2.45, 2.75) is 6.61 Å². The van der Waals surface area contributed by atoms with Crippen LogP contribution < -0.4 is 14.9 Å². The highest BCUT2D eigenvalue weighted by molar-refractivity contribution is 5.94. The van der Waals surface area contributed by atoms with Gasteiger partial charge < -0.3 is 9.47 Å². The fourth-order valence-corrected chi connectivity index (χ4v) is 2.35. The maximum atomic E-state index is 13.0. The lowest BCUT2D eigenvalue weighted by Crippen LogP contribution is -2.17. The Balaban J connectivity index is 1.62. The number of amides is 1. The van der Waals surface area contributed by atoms with E-state index in [1.165, 1.54) is 31.7 Å². The molecule has 0 aliphatic heterocycles. The average Bonchev–Trinajstić information content (AvgIpc) is 2.74. The van der Waals surface area contributed by atoms with Crippen LogP contribution in [0.25, 0.3) is 0 Å². The van der Waals surface area contributed by atoms with Crippen molar-refractivity contribution in [2.24, 2.45) is 5.10 Å². The van der Waals surface area contributed by atoms with Crippen LogP contribution in [0.1, 0.15) is 21.5 Å². The van der Waals surface area contributed by atoms with Crippen molar-refractivity contribution in [2.75, 3.05) is 7.11 Å². The number of pyridine rings is 1. The Labute approximate surface area is 161 Å². The zero-order valence-electron chi connectivity index (χ0n) is 15.1. The van der Waals surface area contributed by atoms with Crippen LogP contribution in [-0.4, -0.2) is 24.2 Å². The molecule has 3 aromatic rings. The number of aromatic nitrogens is 1. The molecule has 0 saturated carbocycles. The van der Waals surface area contributed by atoms with E-state index in [1.54, 1.807) is 48.7 Å². The van der Waals surface area contributed by atoms with E-state index in [4.69, 9.17) is 9.47 Å². The van der Waals surface area contributed by atoms with Gasteiger partial charge in [-0.05, 0) is 53.6 Å². The highest BCUT2D eigenvalue weighted by Crippen LogP contribution is 2.28. The number of methoxy groups -OCH3 is 1. The molecule has 0 aliphatic carbocycles. The third kappa shape index (κ3) is 5.14. The number of nitrogens with zero attached hydrogens (tertiary/aromatic N) is 2. The topological polar surface area (TPSA) is 72.8 Å². The fourth-order valence-electron chi connectivity index (χ4n) is 2.35. The molecule has 1 amide bonds. The molecule has 1 heterocycles. The van der Waals surface area contributed by atoms with Crippen molar-refractivity contribution in [3.63, 3.8) is 0 Å². The standard InChI is InChI=1S/C21H18FN3O3/c1-27-20-11-16(12-24-25-21(26)17-3-2-10-23-13-17)6-9-19(20)28-14-15-4-7-18(22)8-5-15/h2-13H,14H2,1H3,(H,25,26)/b24-12+. The molecule has 0 spiro atoms. The van der Waals surface area contributed by atoms with Crippen LogP contribution in [0.2, 0.25) is 0 Å². The first-order valence-electron chi connectivity index (χ1n) is 8.44.